The Hall–Kier alpha value is -2.19. The fourth-order valence-electron chi connectivity index (χ4n) is 8.71. The number of carbonyl (C=O) groups excluding carboxylic acids is 1. The molecule has 0 spiro atoms. The van der Waals surface area contributed by atoms with Gasteiger partial charge >= 0.3 is 7.60 Å². The van der Waals surface area contributed by atoms with Crippen LogP contribution in [-0.4, -0.2) is 94.9 Å². The maximum atomic E-state index is 14.7. The molecule has 2 bridgehead atoms. The molecule has 14 heteroatoms. The molecule has 1 saturated carbocycles. The van der Waals surface area contributed by atoms with Crippen molar-refractivity contribution in [2.24, 2.45) is 35.0 Å². The van der Waals surface area contributed by atoms with E-state index in [0.29, 0.717) is 32.7 Å². The van der Waals surface area contributed by atoms with Gasteiger partial charge in [-0.15, -0.1) is 0 Å². The monoisotopic (exact) mass is 748 g/mol. The van der Waals surface area contributed by atoms with E-state index in [1.165, 1.54) is 28.6 Å². The molecule has 12 nitrogen and oxygen atoms in total. The summed E-state index contributed by atoms with van der Waals surface area (Å²) in [5.41, 5.74) is 0.0936. The summed E-state index contributed by atoms with van der Waals surface area (Å²) < 4.78 is 71.8. The normalized spacial score (nSPS) is 28.7. The summed E-state index contributed by atoms with van der Waals surface area (Å²) >= 11 is 0. The van der Waals surface area contributed by atoms with Gasteiger partial charge < -0.3 is 33.7 Å². The zero-order valence-corrected chi connectivity index (χ0v) is 31.7. The van der Waals surface area contributed by atoms with Gasteiger partial charge in [0.25, 0.3) is 0 Å². The Bertz CT molecular complexity index is 1630. The number of nitrogens with zero attached hydrogens (tertiary/aromatic N) is 1. The van der Waals surface area contributed by atoms with Crippen LogP contribution in [0, 0.1) is 35.0 Å². The lowest BCUT2D eigenvalue weighted by Gasteiger charge is -2.40. The van der Waals surface area contributed by atoms with E-state index in [0.717, 1.165) is 12.0 Å². The third kappa shape index (κ3) is 7.88. The Labute approximate surface area is 302 Å². The molecule has 3 unspecified atom stereocenters. The zero-order chi connectivity index (χ0) is 36.4. The summed E-state index contributed by atoms with van der Waals surface area (Å²) in [5.74, 6) is 0.459. The van der Waals surface area contributed by atoms with Crippen molar-refractivity contribution in [2.75, 3.05) is 52.7 Å². The predicted molar refractivity (Wildman–Crippen MR) is 191 cm³/mol. The van der Waals surface area contributed by atoms with E-state index in [1.807, 2.05) is 44.2 Å². The number of hydrogen-bond donors (Lipinski definition) is 2. The maximum absolute atomic E-state index is 14.7. The lowest BCUT2D eigenvalue weighted by Crippen LogP contribution is -2.57. The number of sulfonamides is 1. The van der Waals surface area contributed by atoms with Crippen LogP contribution in [0.15, 0.2) is 59.5 Å². The summed E-state index contributed by atoms with van der Waals surface area (Å²) in [4.78, 5) is 14.6. The average Bonchev–Trinajstić information content (AvgIpc) is 3.82. The van der Waals surface area contributed by atoms with Crippen LogP contribution in [0.4, 0.5) is 0 Å². The van der Waals surface area contributed by atoms with Crippen molar-refractivity contribution >= 4 is 28.8 Å². The summed E-state index contributed by atoms with van der Waals surface area (Å²) in [5, 5.41) is 15.5. The summed E-state index contributed by atoms with van der Waals surface area (Å²) in [6.07, 6.45) is 0.361. The quantitative estimate of drug-likeness (QED) is 0.228. The molecule has 6 rings (SSSR count). The summed E-state index contributed by atoms with van der Waals surface area (Å²) in [6.45, 7) is 9.30. The third-order valence-corrected chi connectivity index (χ3v) is 14.9. The number of aliphatic hydroxyl groups is 1. The van der Waals surface area contributed by atoms with Crippen LogP contribution >= 0.6 is 7.60 Å². The van der Waals surface area contributed by atoms with Gasteiger partial charge in [-0.3, -0.25) is 9.36 Å². The predicted octanol–water partition coefficient (Wildman–Crippen LogP) is 3.97. The molecular weight excluding hydrogens is 695 g/mol. The fourth-order valence-corrected chi connectivity index (χ4v) is 11.9. The van der Waals surface area contributed by atoms with E-state index < -0.39 is 35.2 Å². The first-order valence-electron chi connectivity index (χ1n) is 18.3. The maximum Gasteiger partial charge on any atom is 0.361 e. The Kier molecular flexibility index (Phi) is 12.1. The van der Waals surface area contributed by atoms with E-state index in [-0.39, 0.29) is 84.9 Å². The topological polar surface area (TPSA) is 150 Å². The van der Waals surface area contributed by atoms with Crippen molar-refractivity contribution < 1.29 is 46.1 Å². The van der Waals surface area contributed by atoms with Gasteiger partial charge in [-0.05, 0) is 86.6 Å². The van der Waals surface area contributed by atoms with Crippen molar-refractivity contribution in [3.63, 3.8) is 0 Å². The number of nitrogens with one attached hydrogen (secondary N) is 1. The summed E-state index contributed by atoms with van der Waals surface area (Å²) in [6, 6.07) is 14.5. The SMILES string of the molecule is CCOP(=O)(OCC)c1ccc(S(=O)(=O)N(CC(C)C)C[C@@H](O)[C@H](Cc2ccccc2)NC(=O)C2([C@H]3C4CO[C@H]5OC[C@@H]3C5C4)CCOC2)cc1. The molecule has 0 aromatic heterocycles. The molecular formula is C37H53N2O10PS. The van der Waals surface area contributed by atoms with Crippen LogP contribution < -0.4 is 10.6 Å². The number of amides is 1. The van der Waals surface area contributed by atoms with Gasteiger partial charge in [0.1, 0.15) is 0 Å². The van der Waals surface area contributed by atoms with E-state index in [4.69, 9.17) is 23.3 Å². The molecule has 0 radical (unpaired) electrons. The Balaban J connectivity index is 1.26. The molecule has 4 aliphatic rings. The molecule has 1 amide bonds. The van der Waals surface area contributed by atoms with Gasteiger partial charge in [0, 0.05) is 25.6 Å². The van der Waals surface area contributed by atoms with Crippen molar-refractivity contribution in [3.8, 4) is 0 Å². The average molecular weight is 749 g/mol. The standard InChI is InChI=1S/C37H53N2O10PS/c1-5-48-50(42,49-6-2)28-12-14-29(15-13-28)51(43,44)39(20-25(3)4)21-33(40)32(18-26-10-8-7-9-11-26)38-36(41)37(16-17-45-24-37)34-27-19-30-31(34)23-47-35(30)46-22-27/h7-15,25,27,30-35,40H,5-6,16-24H2,1-4H3,(H,38,41)/t27?,30?,31-,32+,33-,34+,35+,37?/m1/s1. The van der Waals surface area contributed by atoms with Crippen molar-refractivity contribution in [1.29, 1.82) is 0 Å². The van der Waals surface area contributed by atoms with Crippen molar-refractivity contribution in [1.82, 2.24) is 9.62 Å². The van der Waals surface area contributed by atoms with Gasteiger partial charge in [0.2, 0.25) is 15.9 Å². The highest BCUT2D eigenvalue weighted by Gasteiger charge is 2.64. The molecule has 1 aliphatic carbocycles. The Morgan fingerprint density at radius 3 is 2.33 bits per heavy atom. The lowest BCUT2D eigenvalue weighted by molar-refractivity contribution is -0.171. The van der Waals surface area contributed by atoms with Gasteiger partial charge in [0.15, 0.2) is 6.29 Å². The smallest absolute Gasteiger partial charge is 0.361 e. The van der Waals surface area contributed by atoms with Gasteiger partial charge in [-0.1, -0.05) is 44.2 Å². The van der Waals surface area contributed by atoms with E-state index >= 15 is 0 Å². The molecule has 51 heavy (non-hydrogen) atoms. The van der Waals surface area contributed by atoms with Gasteiger partial charge in [0.05, 0.1) is 60.8 Å². The first-order valence-corrected chi connectivity index (χ1v) is 21.2. The number of carbonyl (C=O) groups is 1. The zero-order valence-electron chi connectivity index (χ0n) is 30.0. The van der Waals surface area contributed by atoms with Crippen LogP contribution in [0.2, 0.25) is 0 Å². The largest absolute Gasteiger partial charge is 0.390 e. The molecule has 8 atom stereocenters. The van der Waals surface area contributed by atoms with Crippen LogP contribution in [0.25, 0.3) is 0 Å². The number of aliphatic hydroxyl groups excluding tert-OH is 1. The lowest BCUT2D eigenvalue weighted by atomic mass is 9.66. The third-order valence-electron chi connectivity index (χ3n) is 10.9. The minimum absolute atomic E-state index is 0.0176. The van der Waals surface area contributed by atoms with Crippen LogP contribution in [0.1, 0.15) is 46.1 Å². The fraction of sp³-hybridized carbons (Fsp3) is 0.649. The second-order valence-corrected chi connectivity index (χ2v) is 18.7. The first-order chi connectivity index (χ1) is 24.4. The minimum atomic E-state index is -4.13. The molecule has 282 valence electrons. The highest BCUT2D eigenvalue weighted by Crippen LogP contribution is 2.59. The highest BCUT2D eigenvalue weighted by atomic mass is 32.2. The molecule has 3 saturated heterocycles. The second-order valence-electron chi connectivity index (χ2n) is 14.7. The second kappa shape index (κ2) is 16.0. The molecule has 2 aromatic carbocycles. The molecule has 3 aliphatic heterocycles. The molecule has 3 heterocycles. The number of benzene rings is 2. The van der Waals surface area contributed by atoms with Crippen LogP contribution in [-0.2, 0) is 49.1 Å². The summed E-state index contributed by atoms with van der Waals surface area (Å²) in [7, 11) is -7.75. The van der Waals surface area contributed by atoms with Crippen LogP contribution in [0.5, 0.6) is 0 Å². The number of rotatable bonds is 17. The number of ether oxygens (including phenoxy) is 3. The van der Waals surface area contributed by atoms with Gasteiger partial charge in [-0.2, -0.15) is 4.31 Å². The highest BCUT2D eigenvalue weighted by molar-refractivity contribution is 7.89. The van der Waals surface area contributed by atoms with E-state index in [1.54, 1.807) is 13.8 Å². The number of fused-ring (bicyclic) bond motifs is 1. The minimum Gasteiger partial charge on any atom is -0.390 e. The van der Waals surface area contributed by atoms with Crippen LogP contribution in [0.3, 0.4) is 0 Å². The first kappa shape index (κ1) is 38.5. The molecule has 4 fully saturated rings. The Morgan fingerprint density at radius 1 is 1.02 bits per heavy atom. The molecule has 2 N–H and O–H groups in total. The Morgan fingerprint density at radius 2 is 1.71 bits per heavy atom. The van der Waals surface area contributed by atoms with E-state index in [9.17, 15) is 22.9 Å². The number of hydrogen-bond acceptors (Lipinski definition) is 10. The van der Waals surface area contributed by atoms with Gasteiger partial charge in [-0.25, -0.2) is 8.42 Å². The van der Waals surface area contributed by atoms with E-state index in [2.05, 4.69) is 5.32 Å². The van der Waals surface area contributed by atoms with Crippen molar-refractivity contribution in [2.45, 2.75) is 70.3 Å². The van der Waals surface area contributed by atoms with Crippen molar-refractivity contribution in [3.05, 3.63) is 60.2 Å². The molecule has 2 aromatic rings.